The van der Waals surface area contributed by atoms with Crippen LogP contribution in [0.25, 0.3) is 0 Å². The summed E-state index contributed by atoms with van der Waals surface area (Å²) in [4.78, 5) is 37.9. The van der Waals surface area contributed by atoms with Gasteiger partial charge in [-0.3, -0.25) is 14.4 Å². The van der Waals surface area contributed by atoms with Crippen molar-refractivity contribution in [3.63, 3.8) is 0 Å². The molecule has 0 radical (unpaired) electrons. The lowest BCUT2D eigenvalue weighted by molar-refractivity contribution is -0.167. The average Bonchev–Trinajstić information content (AvgIpc) is 3.26. The Bertz CT molecular complexity index is 1250. The van der Waals surface area contributed by atoms with Crippen LogP contribution >= 0.6 is 0 Å². The largest absolute Gasteiger partial charge is 0.462 e. The van der Waals surface area contributed by atoms with Crippen molar-refractivity contribution in [2.24, 2.45) is 0 Å². The summed E-state index contributed by atoms with van der Waals surface area (Å²) in [5.74, 6) is -0.993. The Labute approximate surface area is 375 Å². The van der Waals surface area contributed by atoms with Gasteiger partial charge in [-0.1, -0.05) is 201 Å². The Kier molecular flexibility index (Phi) is 46.0. The highest BCUT2D eigenvalue weighted by molar-refractivity contribution is 5.71. The Hall–Kier alpha value is -3.67. The lowest BCUT2D eigenvalue weighted by Gasteiger charge is -2.18. The second-order valence-corrected chi connectivity index (χ2v) is 16.0. The molecule has 0 aliphatic carbocycles. The fraction of sp³-hybridized carbons (Fsp3) is 0.655. The molecule has 6 nitrogen and oxygen atoms in total. The SMILES string of the molecule is CC/C=C\C/C=C\C/C=C\C/C=C\C/C=C\CCCC(=O)OCC(COC(=O)CCCCCCCCCCCCCC)OC(=O)CCCCCC/C=C\C/C=C\C/C=C\CC. The molecule has 0 rings (SSSR count). The van der Waals surface area contributed by atoms with Crippen LogP contribution in [0.3, 0.4) is 0 Å². The molecular weight excluding hydrogens is 757 g/mol. The summed E-state index contributed by atoms with van der Waals surface area (Å²) in [6, 6.07) is 0. The van der Waals surface area contributed by atoms with Crippen molar-refractivity contribution < 1.29 is 28.6 Å². The number of esters is 3. The van der Waals surface area contributed by atoms with E-state index in [2.05, 4.69) is 118 Å². The van der Waals surface area contributed by atoms with E-state index < -0.39 is 6.10 Å². The normalized spacial score (nSPS) is 12.9. The number of allylic oxidation sites excluding steroid dienone is 16. The van der Waals surface area contributed by atoms with Crippen molar-refractivity contribution in [2.75, 3.05) is 13.2 Å². The first kappa shape index (κ1) is 57.3. The summed E-state index contributed by atoms with van der Waals surface area (Å²) < 4.78 is 16.7. The number of hydrogen-bond donors (Lipinski definition) is 0. The molecule has 0 saturated heterocycles. The number of hydrogen-bond acceptors (Lipinski definition) is 6. The molecule has 0 aliphatic heterocycles. The van der Waals surface area contributed by atoms with Crippen LogP contribution in [0.4, 0.5) is 0 Å². The molecule has 6 heteroatoms. The zero-order valence-electron chi connectivity index (χ0n) is 39.4. The van der Waals surface area contributed by atoms with Gasteiger partial charge in [-0.25, -0.2) is 0 Å². The molecule has 61 heavy (non-hydrogen) atoms. The molecular formula is C55H90O6. The van der Waals surface area contributed by atoms with Crippen LogP contribution in [0.1, 0.15) is 213 Å². The second kappa shape index (κ2) is 49.0. The van der Waals surface area contributed by atoms with Gasteiger partial charge in [0.25, 0.3) is 0 Å². The Morgan fingerprint density at radius 2 is 0.656 bits per heavy atom. The highest BCUT2D eigenvalue weighted by Crippen LogP contribution is 2.14. The first-order valence-electron chi connectivity index (χ1n) is 24.7. The van der Waals surface area contributed by atoms with Crippen LogP contribution in [0.2, 0.25) is 0 Å². The van der Waals surface area contributed by atoms with Crippen molar-refractivity contribution in [3.05, 3.63) is 97.2 Å². The number of rotatable bonds is 43. The van der Waals surface area contributed by atoms with Crippen molar-refractivity contribution >= 4 is 17.9 Å². The van der Waals surface area contributed by atoms with E-state index in [1.54, 1.807) is 0 Å². The summed E-state index contributed by atoms with van der Waals surface area (Å²) in [6.45, 7) is 6.32. The molecule has 0 fully saturated rings. The van der Waals surface area contributed by atoms with Gasteiger partial charge in [-0.15, -0.1) is 0 Å². The molecule has 1 atom stereocenters. The smallest absolute Gasteiger partial charge is 0.306 e. The first-order chi connectivity index (χ1) is 30.0. The minimum atomic E-state index is -0.810. The van der Waals surface area contributed by atoms with Crippen molar-refractivity contribution in [3.8, 4) is 0 Å². The van der Waals surface area contributed by atoms with Crippen molar-refractivity contribution in [1.29, 1.82) is 0 Å². The highest BCUT2D eigenvalue weighted by Gasteiger charge is 2.19. The maximum Gasteiger partial charge on any atom is 0.306 e. The molecule has 1 unspecified atom stereocenters. The highest BCUT2D eigenvalue weighted by atomic mass is 16.6. The predicted molar refractivity (Wildman–Crippen MR) is 260 cm³/mol. The van der Waals surface area contributed by atoms with Crippen LogP contribution in [0.5, 0.6) is 0 Å². The number of carbonyl (C=O) groups excluding carboxylic acids is 3. The van der Waals surface area contributed by atoms with Crippen LogP contribution in [-0.4, -0.2) is 37.2 Å². The van der Waals surface area contributed by atoms with E-state index in [9.17, 15) is 14.4 Å². The second-order valence-electron chi connectivity index (χ2n) is 16.0. The number of carbonyl (C=O) groups is 3. The van der Waals surface area contributed by atoms with Crippen LogP contribution in [0, 0.1) is 0 Å². The molecule has 346 valence electrons. The third-order valence-corrected chi connectivity index (χ3v) is 10.1. The molecule has 0 heterocycles. The van der Waals surface area contributed by atoms with E-state index in [0.29, 0.717) is 12.8 Å². The molecule has 0 amide bonds. The maximum absolute atomic E-state index is 12.8. The minimum absolute atomic E-state index is 0.104. The molecule has 0 aromatic carbocycles. The van der Waals surface area contributed by atoms with Crippen molar-refractivity contribution in [2.45, 2.75) is 219 Å². The van der Waals surface area contributed by atoms with Gasteiger partial charge in [0.2, 0.25) is 0 Å². The van der Waals surface area contributed by atoms with Gasteiger partial charge in [0, 0.05) is 19.3 Å². The van der Waals surface area contributed by atoms with Crippen LogP contribution in [-0.2, 0) is 28.6 Å². The Morgan fingerprint density at radius 1 is 0.344 bits per heavy atom. The fourth-order valence-electron chi connectivity index (χ4n) is 6.43. The summed E-state index contributed by atoms with van der Waals surface area (Å²) in [5, 5.41) is 0. The monoisotopic (exact) mass is 847 g/mol. The summed E-state index contributed by atoms with van der Waals surface area (Å²) in [6.07, 6.45) is 63.9. The third kappa shape index (κ3) is 47.2. The number of ether oxygens (including phenoxy) is 3. The third-order valence-electron chi connectivity index (χ3n) is 10.1. The van der Waals surface area contributed by atoms with Gasteiger partial charge in [0.15, 0.2) is 6.10 Å². The van der Waals surface area contributed by atoms with Gasteiger partial charge in [0.05, 0.1) is 0 Å². The quantitative estimate of drug-likeness (QED) is 0.0263. The Balaban J connectivity index is 4.52. The standard InChI is InChI=1S/C55H90O6/c1-4-7-10-13-16-19-22-25-27-28-29-31-33-36-39-42-45-48-54(57)60-51-52(50-59-53(56)47-44-41-38-35-32-24-21-18-15-12-9-6-3)61-55(58)49-46-43-40-37-34-30-26-23-20-17-14-11-8-5-2/h7-8,10-11,16-17,19-20,25-27,29-31,36,39,52H,4-6,9,12-15,18,21-24,28,32-35,37-38,40-51H2,1-3H3/b10-7-,11-8-,19-16-,20-17-,27-25-,30-26-,31-29-,39-36-. The van der Waals surface area contributed by atoms with Crippen molar-refractivity contribution in [1.82, 2.24) is 0 Å². The predicted octanol–water partition coefficient (Wildman–Crippen LogP) is 16.2. The zero-order valence-corrected chi connectivity index (χ0v) is 39.4. The fourth-order valence-corrected chi connectivity index (χ4v) is 6.43. The first-order valence-corrected chi connectivity index (χ1v) is 24.7. The van der Waals surface area contributed by atoms with E-state index in [1.165, 1.54) is 57.8 Å². The molecule has 0 N–H and O–H groups in total. The Morgan fingerprint density at radius 3 is 1.07 bits per heavy atom. The molecule has 0 spiro atoms. The molecule has 0 aliphatic rings. The summed E-state index contributed by atoms with van der Waals surface area (Å²) in [5.41, 5.74) is 0. The maximum atomic E-state index is 12.8. The molecule has 0 saturated carbocycles. The van der Waals surface area contributed by atoms with E-state index in [4.69, 9.17) is 14.2 Å². The van der Waals surface area contributed by atoms with E-state index >= 15 is 0 Å². The lowest BCUT2D eigenvalue weighted by atomic mass is 10.0. The van der Waals surface area contributed by atoms with Gasteiger partial charge < -0.3 is 14.2 Å². The minimum Gasteiger partial charge on any atom is -0.462 e. The lowest BCUT2D eigenvalue weighted by Crippen LogP contribution is -2.30. The molecule has 0 bridgehead atoms. The van der Waals surface area contributed by atoms with E-state index in [1.807, 2.05) is 0 Å². The van der Waals surface area contributed by atoms with Gasteiger partial charge in [0.1, 0.15) is 13.2 Å². The van der Waals surface area contributed by atoms with Gasteiger partial charge >= 0.3 is 17.9 Å². The topological polar surface area (TPSA) is 78.9 Å². The summed E-state index contributed by atoms with van der Waals surface area (Å²) in [7, 11) is 0. The molecule has 0 aromatic rings. The van der Waals surface area contributed by atoms with Crippen LogP contribution in [0.15, 0.2) is 97.2 Å². The van der Waals surface area contributed by atoms with E-state index in [-0.39, 0.29) is 44.0 Å². The van der Waals surface area contributed by atoms with E-state index in [0.717, 1.165) is 109 Å². The average molecular weight is 847 g/mol. The van der Waals surface area contributed by atoms with Gasteiger partial charge in [-0.05, 0) is 89.9 Å². The molecule has 0 aromatic heterocycles. The summed E-state index contributed by atoms with van der Waals surface area (Å²) >= 11 is 0. The van der Waals surface area contributed by atoms with Gasteiger partial charge in [-0.2, -0.15) is 0 Å². The number of unbranched alkanes of at least 4 members (excludes halogenated alkanes) is 16. The van der Waals surface area contributed by atoms with Crippen LogP contribution < -0.4 is 0 Å². The zero-order chi connectivity index (χ0) is 44.4.